The molecule has 0 spiro atoms. The predicted molar refractivity (Wildman–Crippen MR) is 106 cm³/mol. The highest BCUT2D eigenvalue weighted by molar-refractivity contribution is 7.91. The molecule has 1 amide bonds. The molecule has 2 heterocycles. The monoisotopic (exact) mass is 389 g/mol. The Morgan fingerprint density at radius 1 is 1.19 bits per heavy atom. The van der Waals surface area contributed by atoms with Gasteiger partial charge >= 0.3 is 0 Å². The first kappa shape index (κ1) is 19.6. The van der Waals surface area contributed by atoms with Crippen molar-refractivity contribution in [2.24, 2.45) is 0 Å². The molecule has 0 saturated carbocycles. The summed E-state index contributed by atoms with van der Waals surface area (Å²) in [6, 6.07) is 5.74. The minimum absolute atomic E-state index is 0.0307. The molecule has 1 atom stereocenters. The van der Waals surface area contributed by atoms with E-state index in [1.54, 1.807) is 11.9 Å². The maximum absolute atomic E-state index is 12.8. The van der Waals surface area contributed by atoms with Crippen LogP contribution in [0.5, 0.6) is 0 Å². The number of aromatic nitrogens is 2. The number of carbonyl (C=O) groups is 1. The quantitative estimate of drug-likeness (QED) is 0.806. The summed E-state index contributed by atoms with van der Waals surface area (Å²) in [5, 5.41) is 4.59. The van der Waals surface area contributed by atoms with Crippen molar-refractivity contribution in [2.75, 3.05) is 18.6 Å². The summed E-state index contributed by atoms with van der Waals surface area (Å²) in [6.07, 6.45) is 0.598. The molecule has 6 nitrogen and oxygen atoms in total. The second-order valence-electron chi connectivity index (χ2n) is 7.69. The molecule has 1 aromatic carbocycles. The smallest absolute Gasteiger partial charge is 0.253 e. The Bertz CT molecular complexity index is 972. The fourth-order valence-electron chi connectivity index (χ4n) is 3.88. The first-order chi connectivity index (χ1) is 12.6. The van der Waals surface area contributed by atoms with Gasteiger partial charge in [0.1, 0.15) is 0 Å². The molecule has 0 aliphatic carbocycles. The Labute approximate surface area is 161 Å². The van der Waals surface area contributed by atoms with Gasteiger partial charge in [-0.15, -0.1) is 0 Å². The summed E-state index contributed by atoms with van der Waals surface area (Å²) in [7, 11) is -1.18. The van der Waals surface area contributed by atoms with Crippen molar-refractivity contribution in [1.29, 1.82) is 0 Å². The predicted octanol–water partition coefficient (Wildman–Crippen LogP) is 2.75. The number of hydrogen-bond acceptors (Lipinski definition) is 4. The fraction of sp³-hybridized carbons (Fsp3) is 0.500. The van der Waals surface area contributed by atoms with E-state index >= 15 is 0 Å². The number of benzene rings is 1. The van der Waals surface area contributed by atoms with Crippen LogP contribution in [-0.4, -0.2) is 47.6 Å². The second-order valence-corrected chi connectivity index (χ2v) is 9.92. The fourth-order valence-corrected chi connectivity index (χ4v) is 5.57. The molecule has 1 aliphatic rings. The third-order valence-electron chi connectivity index (χ3n) is 5.24. The lowest BCUT2D eigenvalue weighted by molar-refractivity contribution is 0.0784. The maximum atomic E-state index is 12.8. The molecule has 1 aliphatic heterocycles. The van der Waals surface area contributed by atoms with Gasteiger partial charge in [-0.25, -0.2) is 8.42 Å². The number of rotatable bonds is 4. The Kier molecular flexibility index (Phi) is 5.16. The van der Waals surface area contributed by atoms with E-state index in [0.29, 0.717) is 18.5 Å². The molecule has 146 valence electrons. The standard InChI is InChI=1S/C20H27N3O3S/c1-13-8-14(2)10-17(9-13)20(24)22(5)11-19-15(3)21-23(16(19)4)18-6-7-27(25,26)12-18/h8-10,18H,6-7,11-12H2,1-5H3. The van der Waals surface area contributed by atoms with Crippen molar-refractivity contribution in [3.63, 3.8) is 0 Å². The SMILES string of the molecule is Cc1cc(C)cc(C(=O)N(C)Cc2c(C)nn(C3CCS(=O)(=O)C3)c2C)c1. The number of nitrogens with zero attached hydrogens (tertiary/aromatic N) is 3. The molecular weight excluding hydrogens is 362 g/mol. The zero-order chi connectivity index (χ0) is 19.9. The lowest BCUT2D eigenvalue weighted by Gasteiger charge is -2.19. The number of sulfone groups is 1. The van der Waals surface area contributed by atoms with Crippen LogP contribution in [-0.2, 0) is 16.4 Å². The molecule has 27 heavy (non-hydrogen) atoms. The van der Waals surface area contributed by atoms with Crippen molar-refractivity contribution in [2.45, 2.75) is 46.7 Å². The van der Waals surface area contributed by atoms with Crippen LogP contribution >= 0.6 is 0 Å². The lowest BCUT2D eigenvalue weighted by Crippen LogP contribution is -2.27. The van der Waals surface area contributed by atoms with E-state index in [2.05, 4.69) is 5.10 Å². The molecule has 1 saturated heterocycles. The van der Waals surface area contributed by atoms with Gasteiger partial charge in [0, 0.05) is 30.4 Å². The summed E-state index contributed by atoms with van der Waals surface area (Å²) < 4.78 is 25.4. The second kappa shape index (κ2) is 7.11. The van der Waals surface area contributed by atoms with Crippen LogP contribution < -0.4 is 0 Å². The van der Waals surface area contributed by atoms with Crippen LogP contribution in [0.4, 0.5) is 0 Å². The normalized spacial score (nSPS) is 18.6. The Morgan fingerprint density at radius 3 is 2.37 bits per heavy atom. The number of amides is 1. The molecule has 1 fully saturated rings. The van der Waals surface area contributed by atoms with Gasteiger partial charge in [-0.2, -0.15) is 5.10 Å². The summed E-state index contributed by atoms with van der Waals surface area (Å²) in [5.74, 6) is 0.333. The maximum Gasteiger partial charge on any atom is 0.253 e. The lowest BCUT2D eigenvalue weighted by atomic mass is 10.1. The number of carbonyl (C=O) groups excluding carboxylic acids is 1. The molecule has 0 N–H and O–H groups in total. The van der Waals surface area contributed by atoms with Crippen LogP contribution in [0.3, 0.4) is 0 Å². The van der Waals surface area contributed by atoms with Crippen molar-refractivity contribution >= 4 is 15.7 Å². The minimum Gasteiger partial charge on any atom is -0.337 e. The van der Waals surface area contributed by atoms with E-state index in [1.165, 1.54) is 0 Å². The third-order valence-corrected chi connectivity index (χ3v) is 6.99. The van der Waals surface area contributed by atoms with E-state index < -0.39 is 9.84 Å². The first-order valence-corrected chi connectivity index (χ1v) is 11.0. The van der Waals surface area contributed by atoms with Gasteiger partial charge in [0.25, 0.3) is 5.91 Å². The van der Waals surface area contributed by atoms with Gasteiger partial charge in [-0.05, 0) is 46.2 Å². The van der Waals surface area contributed by atoms with Gasteiger partial charge in [-0.1, -0.05) is 17.2 Å². The first-order valence-electron chi connectivity index (χ1n) is 9.16. The van der Waals surface area contributed by atoms with Gasteiger partial charge < -0.3 is 4.90 Å². The number of aryl methyl sites for hydroxylation is 3. The molecule has 1 unspecified atom stereocenters. The highest BCUT2D eigenvalue weighted by Crippen LogP contribution is 2.27. The zero-order valence-corrected chi connectivity index (χ0v) is 17.4. The highest BCUT2D eigenvalue weighted by atomic mass is 32.2. The molecule has 3 rings (SSSR count). The summed E-state index contributed by atoms with van der Waals surface area (Å²) >= 11 is 0. The van der Waals surface area contributed by atoms with Crippen LogP contribution in [0, 0.1) is 27.7 Å². The average molecular weight is 390 g/mol. The van der Waals surface area contributed by atoms with Gasteiger partial charge in [-0.3, -0.25) is 9.48 Å². The molecule has 7 heteroatoms. The van der Waals surface area contributed by atoms with Crippen molar-refractivity contribution in [1.82, 2.24) is 14.7 Å². The van der Waals surface area contributed by atoms with Crippen LogP contribution in [0.15, 0.2) is 18.2 Å². The largest absolute Gasteiger partial charge is 0.337 e. The zero-order valence-electron chi connectivity index (χ0n) is 16.6. The Hall–Kier alpha value is -2.15. The van der Waals surface area contributed by atoms with E-state index in [-0.39, 0.29) is 23.5 Å². The molecular formula is C20H27N3O3S. The number of hydrogen-bond donors (Lipinski definition) is 0. The highest BCUT2D eigenvalue weighted by Gasteiger charge is 2.31. The van der Waals surface area contributed by atoms with Crippen molar-refractivity contribution in [3.8, 4) is 0 Å². The molecule has 0 bridgehead atoms. The van der Waals surface area contributed by atoms with Gasteiger partial charge in [0.05, 0.1) is 23.2 Å². The Morgan fingerprint density at radius 2 is 1.81 bits per heavy atom. The molecule has 2 aromatic rings. The van der Waals surface area contributed by atoms with Crippen LogP contribution in [0.2, 0.25) is 0 Å². The van der Waals surface area contributed by atoms with Crippen molar-refractivity contribution < 1.29 is 13.2 Å². The summed E-state index contributed by atoms with van der Waals surface area (Å²) in [6.45, 7) is 8.28. The third kappa shape index (κ3) is 4.08. The van der Waals surface area contributed by atoms with E-state index in [1.807, 2.05) is 50.6 Å². The van der Waals surface area contributed by atoms with Crippen LogP contribution in [0.1, 0.15) is 50.9 Å². The van der Waals surface area contributed by atoms with Crippen molar-refractivity contribution in [3.05, 3.63) is 51.8 Å². The van der Waals surface area contributed by atoms with E-state index in [0.717, 1.165) is 28.1 Å². The van der Waals surface area contributed by atoms with E-state index in [4.69, 9.17) is 0 Å². The molecule has 0 radical (unpaired) electrons. The van der Waals surface area contributed by atoms with E-state index in [9.17, 15) is 13.2 Å². The average Bonchev–Trinajstić information content (AvgIpc) is 3.06. The summed E-state index contributed by atoms with van der Waals surface area (Å²) in [5.41, 5.74) is 5.58. The summed E-state index contributed by atoms with van der Waals surface area (Å²) in [4.78, 5) is 14.5. The minimum atomic E-state index is -2.97. The topological polar surface area (TPSA) is 72.3 Å². The molecule has 1 aromatic heterocycles. The van der Waals surface area contributed by atoms with Crippen LogP contribution in [0.25, 0.3) is 0 Å². The van der Waals surface area contributed by atoms with Gasteiger partial charge in [0.2, 0.25) is 0 Å². The Balaban J connectivity index is 1.82. The van der Waals surface area contributed by atoms with Gasteiger partial charge in [0.15, 0.2) is 9.84 Å².